The highest BCUT2D eigenvalue weighted by Gasteiger charge is 2.12. The first kappa shape index (κ1) is 54.5. The number of nitrogens with zero attached hydrogens (tertiary/aromatic N) is 1. The molecule has 0 heterocycles. The van der Waals surface area contributed by atoms with E-state index >= 15 is 0 Å². The third kappa shape index (κ3) is 42.1. The van der Waals surface area contributed by atoms with E-state index in [1.54, 1.807) is 0 Å². The van der Waals surface area contributed by atoms with E-state index in [0.29, 0.717) is 25.7 Å². The quantitative estimate of drug-likeness (QED) is 0.0430. The fourth-order valence-corrected chi connectivity index (χ4v) is 5.14. The Morgan fingerprint density at radius 3 is 0.933 bits per heavy atom. The number of hydrogen-bond donors (Lipinski definition) is 3. The normalized spacial score (nSPS) is 13.0. The number of hydrogen-bond acceptors (Lipinski definition) is 4. The summed E-state index contributed by atoms with van der Waals surface area (Å²) in [6, 6.07) is 0. The van der Waals surface area contributed by atoms with Gasteiger partial charge in [-0.3, -0.25) is 19.2 Å². The third-order valence-electron chi connectivity index (χ3n) is 8.38. The van der Waals surface area contributed by atoms with E-state index in [-0.39, 0.29) is 38.0 Å². The largest absolute Gasteiger partial charge is 0.366 e. The predicted molar refractivity (Wildman–Crippen MR) is 256 cm³/mol. The molecule has 0 aliphatic rings. The minimum Gasteiger partial charge on any atom is -0.366 e. The van der Waals surface area contributed by atoms with Gasteiger partial charge in [0, 0.05) is 51.2 Å². The van der Waals surface area contributed by atoms with Gasteiger partial charge in [-0.2, -0.15) is 0 Å². The lowest BCUT2D eigenvalue weighted by molar-refractivity contribution is -0.127. The van der Waals surface area contributed by atoms with Crippen LogP contribution in [0.25, 0.3) is 0 Å². The van der Waals surface area contributed by atoms with Crippen LogP contribution in [0.4, 0.5) is 0 Å². The van der Waals surface area contributed by atoms with E-state index in [1.165, 1.54) is 4.90 Å². The lowest BCUT2D eigenvalue weighted by Crippen LogP contribution is -2.42. The molecule has 328 valence electrons. The Labute approximate surface area is 363 Å². The van der Waals surface area contributed by atoms with Crippen molar-refractivity contribution in [1.29, 1.82) is 0 Å². The highest BCUT2D eigenvalue weighted by atomic mass is 16.2. The Hall–Kier alpha value is -5.50. The van der Waals surface area contributed by atoms with Crippen LogP contribution in [-0.4, -0.2) is 54.7 Å². The average molecular weight is 821 g/mol. The second-order valence-electron chi connectivity index (χ2n) is 13.7. The van der Waals surface area contributed by atoms with Gasteiger partial charge in [0.15, 0.2) is 0 Å². The zero-order valence-corrected chi connectivity index (χ0v) is 36.8. The van der Waals surface area contributed by atoms with Crippen molar-refractivity contribution in [3.63, 3.8) is 0 Å². The van der Waals surface area contributed by atoms with Crippen LogP contribution in [0, 0.1) is 0 Å². The maximum Gasteiger partial charge on any atom is 0.246 e. The molecule has 0 aromatic rings. The maximum atomic E-state index is 12.7. The van der Waals surface area contributed by atoms with Crippen molar-refractivity contribution in [2.24, 2.45) is 5.73 Å². The summed E-state index contributed by atoms with van der Waals surface area (Å²) in [5, 5.41) is 5.69. The molecule has 0 saturated carbocycles. The van der Waals surface area contributed by atoms with E-state index in [1.807, 2.05) is 24.3 Å². The molecule has 4 N–H and O–H groups in total. The van der Waals surface area contributed by atoms with Gasteiger partial charge in [0.05, 0.1) is 0 Å². The fourth-order valence-electron chi connectivity index (χ4n) is 5.14. The van der Waals surface area contributed by atoms with Crippen LogP contribution in [0.2, 0.25) is 0 Å². The molecule has 0 rings (SSSR count). The number of carbonyl (C=O) groups is 4. The van der Waals surface area contributed by atoms with Crippen molar-refractivity contribution in [3.8, 4) is 0 Å². The minimum atomic E-state index is -0.728. The molecule has 0 aliphatic heterocycles. The number of nitrogens with two attached hydrogens (primary N) is 1. The van der Waals surface area contributed by atoms with Gasteiger partial charge in [0.2, 0.25) is 23.6 Å². The third-order valence-corrected chi connectivity index (χ3v) is 8.38. The van der Waals surface area contributed by atoms with E-state index < -0.39 is 11.8 Å². The first-order valence-electron chi connectivity index (χ1n) is 22.0. The van der Waals surface area contributed by atoms with Gasteiger partial charge >= 0.3 is 0 Å². The Morgan fingerprint density at radius 1 is 0.400 bits per heavy atom. The van der Waals surface area contributed by atoms with E-state index in [2.05, 4.69) is 146 Å². The Morgan fingerprint density at radius 2 is 0.667 bits per heavy atom. The second-order valence-corrected chi connectivity index (χ2v) is 13.7. The molecule has 0 radical (unpaired) electrons. The average Bonchev–Trinajstić information content (AvgIpc) is 3.23. The van der Waals surface area contributed by atoms with Crippen LogP contribution in [-0.2, 0) is 19.2 Å². The standard InChI is InChI=1S/C52H76N4O4/c1-3-5-7-9-11-13-15-17-19-21-23-25-27-29-31-33-35-37-39-41-50(58)54-45-47-56(52(60)44-43-49(53)57)48-46-55-51(59)42-40-38-36-34-32-30-28-26-24-22-20-18-16-14-12-10-8-6-4-2/h5-8,11-14,17-20,23-26,29-32,35-38,43-44H,3-4,9-10,15-16,21-22,27-28,33-34,39-42,45-48H2,1-2H3,(H2,53,57)(H,54,58)(H,55,59)/b7-5-,8-6-,13-11-,14-12-,19-17-,20-18-,25-23-,26-24-,31-29-,32-30-,37-35-,38-36-,44-43+. The molecule has 4 amide bonds. The molecule has 0 atom stereocenters. The van der Waals surface area contributed by atoms with Crippen molar-refractivity contribution >= 4 is 23.6 Å². The van der Waals surface area contributed by atoms with Crippen molar-refractivity contribution in [2.75, 3.05) is 26.2 Å². The Balaban J connectivity index is 4.25. The monoisotopic (exact) mass is 821 g/mol. The minimum absolute atomic E-state index is 0.114. The van der Waals surface area contributed by atoms with Crippen molar-refractivity contribution in [1.82, 2.24) is 15.5 Å². The summed E-state index contributed by atoms with van der Waals surface area (Å²) in [6.45, 7) is 5.22. The molecule has 8 heteroatoms. The number of nitrogens with one attached hydrogen (secondary N) is 2. The number of allylic oxidation sites excluding steroid dienone is 24. The molecule has 0 saturated heterocycles. The first-order valence-corrected chi connectivity index (χ1v) is 22.0. The molecular formula is C52H76N4O4. The highest BCUT2D eigenvalue weighted by Crippen LogP contribution is 2.01. The lowest BCUT2D eigenvalue weighted by atomic mass is 10.2. The fraction of sp³-hybridized carbons (Fsp3) is 0.423. The zero-order valence-electron chi connectivity index (χ0n) is 36.8. The van der Waals surface area contributed by atoms with Gasteiger partial charge in [0.25, 0.3) is 0 Å². The highest BCUT2D eigenvalue weighted by molar-refractivity contribution is 5.96. The summed E-state index contributed by atoms with van der Waals surface area (Å²) in [4.78, 5) is 50.1. The Bertz CT molecular complexity index is 1440. The molecule has 0 fully saturated rings. The van der Waals surface area contributed by atoms with Crippen LogP contribution >= 0.6 is 0 Å². The van der Waals surface area contributed by atoms with Gasteiger partial charge in [0.1, 0.15) is 0 Å². The van der Waals surface area contributed by atoms with Crippen LogP contribution in [0.15, 0.2) is 158 Å². The van der Waals surface area contributed by atoms with Crippen LogP contribution in [0.3, 0.4) is 0 Å². The molecule has 60 heavy (non-hydrogen) atoms. The number of primary amides is 1. The van der Waals surface area contributed by atoms with Crippen LogP contribution < -0.4 is 16.4 Å². The summed E-state index contributed by atoms with van der Waals surface area (Å²) >= 11 is 0. The summed E-state index contributed by atoms with van der Waals surface area (Å²) < 4.78 is 0. The first-order chi connectivity index (χ1) is 29.4. The molecule has 0 aromatic heterocycles. The predicted octanol–water partition coefficient (Wildman–Crippen LogP) is 11.0. The maximum absolute atomic E-state index is 12.7. The summed E-state index contributed by atoms with van der Waals surface area (Å²) in [5.74, 6) is -1.38. The molecule has 0 bridgehead atoms. The van der Waals surface area contributed by atoms with Gasteiger partial charge in [-0.15, -0.1) is 0 Å². The molecular weight excluding hydrogens is 745 g/mol. The molecule has 0 unspecified atom stereocenters. The summed E-state index contributed by atoms with van der Waals surface area (Å²) in [7, 11) is 0. The van der Waals surface area contributed by atoms with Gasteiger partial charge in [-0.05, 0) is 89.9 Å². The second kappa shape index (κ2) is 44.6. The van der Waals surface area contributed by atoms with E-state index in [9.17, 15) is 19.2 Å². The van der Waals surface area contributed by atoms with E-state index in [4.69, 9.17) is 5.73 Å². The molecule has 0 spiro atoms. The number of amides is 4. The molecule has 8 nitrogen and oxygen atoms in total. The van der Waals surface area contributed by atoms with Crippen LogP contribution in [0.5, 0.6) is 0 Å². The summed E-state index contributed by atoms with van der Waals surface area (Å²) in [6.07, 6.45) is 66.9. The molecule has 0 aliphatic carbocycles. The molecule has 0 aromatic carbocycles. The van der Waals surface area contributed by atoms with Crippen molar-refractivity contribution < 1.29 is 19.2 Å². The lowest BCUT2D eigenvalue weighted by Gasteiger charge is -2.21. The van der Waals surface area contributed by atoms with Crippen molar-refractivity contribution in [3.05, 3.63) is 158 Å². The van der Waals surface area contributed by atoms with Gasteiger partial charge in [-0.25, -0.2) is 0 Å². The topological polar surface area (TPSA) is 122 Å². The zero-order chi connectivity index (χ0) is 43.8. The number of rotatable bonds is 36. The van der Waals surface area contributed by atoms with Crippen molar-refractivity contribution in [2.45, 2.75) is 117 Å². The van der Waals surface area contributed by atoms with Gasteiger partial charge < -0.3 is 21.3 Å². The van der Waals surface area contributed by atoms with Gasteiger partial charge in [-0.1, -0.05) is 160 Å². The van der Waals surface area contributed by atoms with Crippen LogP contribution in [0.1, 0.15) is 117 Å². The summed E-state index contributed by atoms with van der Waals surface area (Å²) in [5.41, 5.74) is 5.16. The Kier molecular flexibility index (Phi) is 40.5. The number of carbonyl (C=O) groups excluding carboxylic acids is 4. The smallest absolute Gasteiger partial charge is 0.246 e. The van der Waals surface area contributed by atoms with E-state index in [0.717, 1.165) is 89.2 Å². The SMILES string of the molecule is CC/C=C\C/C=C\C/C=C\C/C=C\C/C=C\C/C=C\CCC(=O)NCCN(CCNC(=O)CC/C=C\C/C=C\C/C=C\C/C=C\C/C=C\C/C=C\CC)C(=O)/C=C/C(N)=O.